The van der Waals surface area contributed by atoms with Crippen molar-refractivity contribution in [2.75, 3.05) is 19.3 Å². The molecular weight excluding hydrogens is 688 g/mol. The number of amides is 5. The fraction of sp³-hybridized carbons (Fsp3) is 0.575. The van der Waals surface area contributed by atoms with E-state index >= 15 is 0 Å². The second-order valence-corrected chi connectivity index (χ2v) is 15.4. The van der Waals surface area contributed by atoms with Crippen molar-refractivity contribution in [2.45, 2.75) is 115 Å². The van der Waals surface area contributed by atoms with Crippen LogP contribution in [0, 0.1) is 17.2 Å². The molecule has 5 amide bonds. The summed E-state index contributed by atoms with van der Waals surface area (Å²) in [4.78, 5) is 72.1. The van der Waals surface area contributed by atoms with Crippen molar-refractivity contribution in [3.8, 4) is 0 Å². The molecule has 14 heteroatoms. The molecule has 0 bridgehead atoms. The van der Waals surface area contributed by atoms with Gasteiger partial charge in [-0.2, -0.15) is 0 Å². The van der Waals surface area contributed by atoms with Crippen molar-refractivity contribution >= 4 is 41.1 Å². The number of hydrogen-bond acceptors (Lipinski definition) is 8. The monoisotopic (exact) mass is 746 g/mol. The Labute approximate surface area is 318 Å². The summed E-state index contributed by atoms with van der Waals surface area (Å²) in [6.07, 6.45) is 9.48. The van der Waals surface area contributed by atoms with Crippen LogP contribution in [0.25, 0.3) is 0 Å². The number of rotatable bonds is 16. The summed E-state index contributed by atoms with van der Waals surface area (Å²) in [7, 11) is 3.40. The highest BCUT2D eigenvalue weighted by Crippen LogP contribution is 2.28. The van der Waals surface area contributed by atoms with Gasteiger partial charge in [0.1, 0.15) is 31.2 Å². The van der Waals surface area contributed by atoms with Gasteiger partial charge in [0.05, 0.1) is 6.04 Å². The average Bonchev–Trinajstić information content (AvgIpc) is 3.63. The largest absolute Gasteiger partial charge is 0.861 e. The maximum Gasteiger partial charge on any atom is 0.245 e. The summed E-state index contributed by atoms with van der Waals surface area (Å²) >= 11 is 0. The Bertz CT molecular complexity index is 1640. The zero-order valence-corrected chi connectivity index (χ0v) is 32.3. The molecular formula is C40H58N8O6. The first-order chi connectivity index (χ1) is 25.6. The third kappa shape index (κ3) is 11.5. The van der Waals surface area contributed by atoms with Gasteiger partial charge in [-0.25, -0.2) is 4.57 Å². The Hall–Kier alpha value is -5.01. The van der Waals surface area contributed by atoms with Crippen LogP contribution in [0.3, 0.4) is 0 Å². The van der Waals surface area contributed by atoms with Crippen LogP contribution in [-0.4, -0.2) is 89.0 Å². The van der Waals surface area contributed by atoms with Gasteiger partial charge in [0, 0.05) is 50.7 Å². The normalized spacial score (nSPS) is 18.3. The van der Waals surface area contributed by atoms with Crippen molar-refractivity contribution in [2.24, 2.45) is 18.9 Å². The Morgan fingerprint density at radius 2 is 1.59 bits per heavy atom. The number of carbonyl (C=O) groups is 5. The Morgan fingerprint density at radius 1 is 0.926 bits per heavy atom. The predicted octanol–water partition coefficient (Wildman–Crippen LogP) is 1.13. The Kier molecular flexibility index (Phi) is 15.0. The maximum atomic E-state index is 14.6. The van der Waals surface area contributed by atoms with Crippen molar-refractivity contribution in [3.63, 3.8) is 0 Å². The number of aromatic nitrogens is 1. The molecule has 2 heterocycles. The van der Waals surface area contributed by atoms with Crippen LogP contribution in [0.15, 0.2) is 48.8 Å². The molecule has 54 heavy (non-hydrogen) atoms. The van der Waals surface area contributed by atoms with E-state index in [1.807, 2.05) is 50.0 Å². The van der Waals surface area contributed by atoms with E-state index in [9.17, 15) is 29.1 Å². The van der Waals surface area contributed by atoms with Crippen LogP contribution < -0.4 is 31.4 Å². The quantitative estimate of drug-likeness (QED) is 0.0733. The summed E-state index contributed by atoms with van der Waals surface area (Å²) in [6.45, 7) is 5.54. The molecule has 2 aliphatic rings. The zero-order valence-electron chi connectivity index (χ0n) is 32.3. The summed E-state index contributed by atoms with van der Waals surface area (Å²) < 4.78 is 1.84. The number of anilines is 1. The number of benzene rings is 1. The molecule has 6 N–H and O–H groups in total. The van der Waals surface area contributed by atoms with Crippen LogP contribution >= 0.6 is 0 Å². The lowest BCUT2D eigenvalue weighted by Crippen LogP contribution is -2.61. The van der Waals surface area contributed by atoms with E-state index < -0.39 is 65.6 Å². The van der Waals surface area contributed by atoms with E-state index in [4.69, 9.17) is 11.1 Å². The number of likely N-dealkylation sites (N-methyl/N-ethyl adjacent to an activating group) is 1. The molecule has 1 saturated heterocycles. The summed E-state index contributed by atoms with van der Waals surface area (Å²) in [6, 6.07) is 5.85. The topological polar surface area (TPSA) is 205 Å². The first-order valence-corrected chi connectivity index (χ1v) is 19.1. The van der Waals surface area contributed by atoms with Crippen molar-refractivity contribution < 1.29 is 33.6 Å². The van der Waals surface area contributed by atoms with Crippen LogP contribution in [0.1, 0.15) is 83.3 Å². The highest BCUT2D eigenvalue weighted by atomic mass is 16.3. The van der Waals surface area contributed by atoms with Gasteiger partial charge in [-0.1, -0.05) is 45.2 Å². The minimum atomic E-state index is -1.11. The fourth-order valence-corrected chi connectivity index (χ4v) is 7.70. The van der Waals surface area contributed by atoms with Crippen molar-refractivity contribution in [1.29, 1.82) is 5.41 Å². The number of nitrogen functional groups attached to an aromatic ring is 1. The first-order valence-electron chi connectivity index (χ1n) is 19.1. The molecule has 5 atom stereocenters. The van der Waals surface area contributed by atoms with E-state index in [2.05, 4.69) is 16.0 Å². The number of nitrogens with two attached hydrogens (primary N) is 1. The molecule has 4 rings (SSSR count). The van der Waals surface area contributed by atoms with Gasteiger partial charge in [-0.15, -0.1) is 0 Å². The summed E-state index contributed by atoms with van der Waals surface area (Å²) in [5.41, 5.74) is 7.96. The number of aryl methyl sites for hydroxylation is 1. The molecule has 1 aliphatic carbocycles. The molecule has 2 fully saturated rings. The molecule has 1 aliphatic heterocycles. The van der Waals surface area contributed by atoms with E-state index in [0.717, 1.165) is 30.4 Å². The molecule has 1 saturated carbocycles. The number of likely N-dealkylation sites (tertiary alicyclic amines) is 1. The molecule has 1 aromatic carbocycles. The second kappa shape index (κ2) is 19.4. The fourth-order valence-electron chi connectivity index (χ4n) is 7.70. The lowest BCUT2D eigenvalue weighted by molar-refractivity contribution is -0.671. The van der Waals surface area contributed by atoms with Crippen LogP contribution in [-0.2, 0) is 43.9 Å². The highest BCUT2D eigenvalue weighted by molar-refractivity contribution is 5.96. The van der Waals surface area contributed by atoms with Crippen molar-refractivity contribution in [3.05, 3.63) is 59.9 Å². The predicted molar refractivity (Wildman–Crippen MR) is 202 cm³/mol. The maximum absolute atomic E-state index is 14.6. The molecule has 0 unspecified atom stereocenters. The third-order valence-corrected chi connectivity index (χ3v) is 10.5. The van der Waals surface area contributed by atoms with Gasteiger partial charge < -0.3 is 42.0 Å². The third-order valence-electron chi connectivity index (χ3n) is 10.5. The standard InChI is InChI=1S/C40H58N8O6/c1-25(2)21-34(40(54)48-20-10-14-33(48)36(42)50)47(5)39(53)32(23-28-11-9-19-46(4)24-28)44-38(52)35(29-12-7-6-8-13-29)45-37(51)31(43-26(3)49)22-27-15-17-30(41)18-16-27/h9,11,15-19,24-25,29,31-35H,6-8,10,12-14,20-23,41H2,1-5H3,(H4-,42,43,44,45,49,50,51,52)/t31-,32-,33-,34-,35-/m0/s1. The van der Waals surface area contributed by atoms with Crippen LogP contribution in [0.2, 0.25) is 0 Å². The second-order valence-electron chi connectivity index (χ2n) is 15.4. The van der Waals surface area contributed by atoms with Crippen molar-refractivity contribution in [1.82, 2.24) is 25.8 Å². The molecule has 0 spiro atoms. The van der Waals surface area contributed by atoms with Gasteiger partial charge in [0.25, 0.3) is 0 Å². The smallest absolute Gasteiger partial charge is 0.245 e. The zero-order chi connectivity index (χ0) is 39.5. The molecule has 1 aromatic heterocycles. The van der Waals surface area contributed by atoms with E-state index in [1.54, 1.807) is 31.3 Å². The lowest BCUT2D eigenvalue weighted by atomic mass is 9.83. The molecule has 0 radical (unpaired) electrons. The van der Waals surface area contributed by atoms with Gasteiger partial charge in [-0.05, 0) is 73.6 Å². The highest BCUT2D eigenvalue weighted by Gasteiger charge is 2.40. The summed E-state index contributed by atoms with van der Waals surface area (Å²) in [5, 5.41) is 28.5. The molecule has 294 valence electrons. The van der Waals surface area contributed by atoms with E-state index in [1.165, 1.54) is 16.7 Å². The number of carbonyl (C=O) groups excluding carboxylic acids is 5. The molecule has 2 aromatic rings. The SMILES string of the molecule is CC(=O)N[C@@H](Cc1ccc(N)cc1)C(=O)N[C@H](C(=O)N[C@@H](Cc1ccc[n+](C)c1)C(=O)N(C)[C@@H](CC(C)C)C(=O)N1CCC[C@H]1C(=N)[O-])C1CCCCC1. The lowest BCUT2D eigenvalue weighted by Gasteiger charge is -2.37. The number of pyridine rings is 1. The summed E-state index contributed by atoms with van der Waals surface area (Å²) in [5.74, 6) is -3.34. The van der Waals surface area contributed by atoms with E-state index in [0.29, 0.717) is 44.3 Å². The van der Waals surface area contributed by atoms with E-state index in [-0.39, 0.29) is 24.7 Å². The number of nitrogens with one attached hydrogen (secondary N) is 4. The van der Waals surface area contributed by atoms with Gasteiger partial charge >= 0.3 is 0 Å². The van der Waals surface area contributed by atoms with Crippen LogP contribution in [0.4, 0.5) is 5.69 Å². The first kappa shape index (κ1) is 41.7. The molecule has 14 nitrogen and oxygen atoms in total. The van der Waals surface area contributed by atoms with Gasteiger partial charge in [0.15, 0.2) is 12.4 Å². The number of nitrogens with zero attached hydrogens (tertiary/aromatic N) is 3. The Morgan fingerprint density at radius 3 is 2.20 bits per heavy atom. The average molecular weight is 747 g/mol. The van der Waals surface area contributed by atoms with Gasteiger partial charge in [0.2, 0.25) is 29.5 Å². The minimum Gasteiger partial charge on any atom is -0.861 e. The van der Waals surface area contributed by atoms with Gasteiger partial charge in [-0.3, -0.25) is 24.0 Å². The number of hydrogen-bond donors (Lipinski definition) is 5. The van der Waals surface area contributed by atoms with Crippen LogP contribution in [0.5, 0.6) is 0 Å². The Balaban J connectivity index is 1.64. The minimum absolute atomic E-state index is 0.0128.